The second kappa shape index (κ2) is 9.02. The monoisotopic (exact) mass is 310 g/mol. The van der Waals surface area contributed by atoms with Crippen molar-refractivity contribution in [3.63, 3.8) is 0 Å². The van der Waals surface area contributed by atoms with Crippen LogP contribution in [0.2, 0.25) is 0 Å². The van der Waals surface area contributed by atoms with E-state index < -0.39 is 11.9 Å². The van der Waals surface area contributed by atoms with Crippen LogP contribution in [0.1, 0.15) is 37.6 Å². The fourth-order valence-corrected chi connectivity index (χ4v) is 2.05. The first kappa shape index (κ1) is 17.9. The summed E-state index contributed by atoms with van der Waals surface area (Å²) in [7, 11) is 0. The normalized spacial score (nSPS) is 11.9. The van der Waals surface area contributed by atoms with E-state index in [9.17, 15) is 14.0 Å². The summed E-state index contributed by atoms with van der Waals surface area (Å²) in [6, 6.07) is 5.23. The highest BCUT2D eigenvalue weighted by atomic mass is 19.1. The predicted octanol–water partition coefficient (Wildman–Crippen LogP) is 2.72. The molecule has 0 unspecified atom stereocenters. The number of carbonyl (C=O) groups excluding carboxylic acids is 2. The van der Waals surface area contributed by atoms with Gasteiger partial charge in [0.2, 0.25) is 0 Å². The fourth-order valence-electron chi connectivity index (χ4n) is 2.05. The van der Waals surface area contributed by atoms with Crippen LogP contribution in [0, 0.1) is 11.7 Å². The fraction of sp³-hybridized carbons (Fsp3) is 0.500. The zero-order valence-electron chi connectivity index (χ0n) is 13.2. The molecule has 1 atom stereocenters. The third-order valence-electron chi connectivity index (χ3n) is 2.95. The minimum absolute atomic E-state index is 0.239. The molecule has 0 saturated heterocycles. The standard InChI is InChI=1S/C16H23FN2O3/c1-4-22-16(21)19-14(8-11(2)3)10-18-15(20)12-6-5-7-13(17)9-12/h5-7,9,11,14H,4,8,10H2,1-3H3,(H,18,20)(H,19,21)/t14-/m1/s1. The van der Waals surface area contributed by atoms with Crippen LogP contribution in [-0.4, -0.2) is 31.2 Å². The maximum absolute atomic E-state index is 13.1. The number of nitrogens with one attached hydrogen (secondary N) is 2. The average Bonchev–Trinajstić information content (AvgIpc) is 2.44. The van der Waals surface area contributed by atoms with Gasteiger partial charge in [-0.2, -0.15) is 0 Å². The molecule has 122 valence electrons. The Hall–Kier alpha value is -2.11. The van der Waals surface area contributed by atoms with Crippen molar-refractivity contribution in [2.45, 2.75) is 33.2 Å². The second-order valence-corrected chi connectivity index (χ2v) is 5.41. The van der Waals surface area contributed by atoms with Crippen LogP contribution in [-0.2, 0) is 4.74 Å². The molecule has 0 radical (unpaired) electrons. The molecule has 0 aromatic heterocycles. The first-order valence-corrected chi connectivity index (χ1v) is 7.39. The molecule has 2 N–H and O–H groups in total. The predicted molar refractivity (Wildman–Crippen MR) is 82.1 cm³/mol. The first-order chi connectivity index (χ1) is 10.4. The molecule has 0 bridgehead atoms. The van der Waals surface area contributed by atoms with Gasteiger partial charge in [-0.3, -0.25) is 4.79 Å². The third kappa shape index (κ3) is 6.56. The van der Waals surface area contributed by atoms with E-state index in [1.807, 2.05) is 13.8 Å². The highest BCUT2D eigenvalue weighted by molar-refractivity contribution is 5.94. The summed E-state index contributed by atoms with van der Waals surface area (Å²) in [6.07, 6.45) is 0.190. The smallest absolute Gasteiger partial charge is 0.407 e. The van der Waals surface area contributed by atoms with E-state index >= 15 is 0 Å². The van der Waals surface area contributed by atoms with E-state index in [2.05, 4.69) is 10.6 Å². The Labute approximate surface area is 130 Å². The summed E-state index contributed by atoms with van der Waals surface area (Å²) < 4.78 is 18.0. The zero-order chi connectivity index (χ0) is 16.5. The quantitative estimate of drug-likeness (QED) is 0.813. The van der Waals surface area contributed by atoms with Gasteiger partial charge in [-0.05, 0) is 37.5 Å². The van der Waals surface area contributed by atoms with Crippen LogP contribution >= 0.6 is 0 Å². The number of hydrogen-bond acceptors (Lipinski definition) is 3. The Morgan fingerprint density at radius 3 is 2.64 bits per heavy atom. The van der Waals surface area contributed by atoms with Crippen molar-refractivity contribution in [2.24, 2.45) is 5.92 Å². The number of alkyl carbamates (subject to hydrolysis) is 1. The van der Waals surface area contributed by atoms with Crippen LogP contribution in [0.25, 0.3) is 0 Å². The van der Waals surface area contributed by atoms with E-state index in [-0.39, 0.29) is 30.7 Å². The molecule has 1 rings (SSSR count). The van der Waals surface area contributed by atoms with Crippen LogP contribution in [0.5, 0.6) is 0 Å². The Kier molecular flexibility index (Phi) is 7.36. The number of hydrogen-bond donors (Lipinski definition) is 2. The molecule has 0 spiro atoms. The van der Waals surface area contributed by atoms with Gasteiger partial charge in [0.25, 0.3) is 5.91 Å². The van der Waals surface area contributed by atoms with E-state index in [1.165, 1.54) is 24.3 Å². The second-order valence-electron chi connectivity index (χ2n) is 5.41. The lowest BCUT2D eigenvalue weighted by Gasteiger charge is -2.20. The number of ether oxygens (including phenoxy) is 1. The molecule has 22 heavy (non-hydrogen) atoms. The minimum Gasteiger partial charge on any atom is -0.450 e. The zero-order valence-corrected chi connectivity index (χ0v) is 13.2. The van der Waals surface area contributed by atoms with Crippen molar-refractivity contribution >= 4 is 12.0 Å². The summed E-state index contributed by atoms with van der Waals surface area (Å²) >= 11 is 0. The Balaban J connectivity index is 2.58. The summed E-state index contributed by atoms with van der Waals surface area (Å²) in [5.41, 5.74) is 0.249. The summed E-state index contributed by atoms with van der Waals surface area (Å²) in [5.74, 6) is -0.493. The van der Waals surface area contributed by atoms with Crippen molar-refractivity contribution in [1.82, 2.24) is 10.6 Å². The van der Waals surface area contributed by atoms with Crippen molar-refractivity contribution in [2.75, 3.05) is 13.2 Å². The van der Waals surface area contributed by atoms with Crippen LogP contribution in [0.4, 0.5) is 9.18 Å². The van der Waals surface area contributed by atoms with Crippen molar-refractivity contribution in [3.05, 3.63) is 35.6 Å². The van der Waals surface area contributed by atoms with Gasteiger partial charge in [0, 0.05) is 18.2 Å². The maximum atomic E-state index is 13.1. The van der Waals surface area contributed by atoms with E-state index in [0.717, 1.165) is 0 Å². The molecule has 1 aromatic carbocycles. The van der Waals surface area contributed by atoms with Gasteiger partial charge in [0.15, 0.2) is 0 Å². The van der Waals surface area contributed by atoms with Gasteiger partial charge in [-0.1, -0.05) is 19.9 Å². The van der Waals surface area contributed by atoms with Crippen LogP contribution < -0.4 is 10.6 Å². The molecule has 0 fully saturated rings. The number of halogens is 1. The molecule has 0 saturated carbocycles. The minimum atomic E-state index is -0.506. The Bertz CT molecular complexity index is 506. The molecule has 5 nitrogen and oxygen atoms in total. The Morgan fingerprint density at radius 1 is 1.32 bits per heavy atom. The van der Waals surface area contributed by atoms with E-state index in [0.29, 0.717) is 12.3 Å². The van der Waals surface area contributed by atoms with Crippen LogP contribution in [0.3, 0.4) is 0 Å². The molecular weight excluding hydrogens is 287 g/mol. The molecule has 6 heteroatoms. The lowest BCUT2D eigenvalue weighted by Crippen LogP contribution is -2.44. The third-order valence-corrected chi connectivity index (χ3v) is 2.95. The van der Waals surface area contributed by atoms with Gasteiger partial charge in [0.05, 0.1) is 6.61 Å². The van der Waals surface area contributed by atoms with Gasteiger partial charge in [-0.15, -0.1) is 0 Å². The molecule has 0 aliphatic rings. The van der Waals surface area contributed by atoms with Crippen molar-refractivity contribution in [1.29, 1.82) is 0 Å². The summed E-state index contributed by atoms with van der Waals surface area (Å²) in [5, 5.41) is 5.42. The summed E-state index contributed by atoms with van der Waals surface area (Å²) in [6.45, 7) is 6.31. The highest BCUT2D eigenvalue weighted by Gasteiger charge is 2.16. The molecule has 0 aliphatic carbocycles. The Morgan fingerprint density at radius 2 is 2.05 bits per heavy atom. The average molecular weight is 310 g/mol. The molecule has 2 amide bonds. The number of benzene rings is 1. The molecular formula is C16H23FN2O3. The van der Waals surface area contributed by atoms with Crippen LogP contribution in [0.15, 0.2) is 24.3 Å². The lowest BCUT2D eigenvalue weighted by molar-refractivity contribution is 0.0944. The largest absolute Gasteiger partial charge is 0.450 e. The molecule has 0 heterocycles. The summed E-state index contributed by atoms with van der Waals surface area (Å²) in [4.78, 5) is 23.5. The number of carbonyl (C=O) groups is 2. The van der Waals surface area contributed by atoms with Gasteiger partial charge in [-0.25, -0.2) is 9.18 Å². The highest BCUT2D eigenvalue weighted by Crippen LogP contribution is 2.06. The van der Waals surface area contributed by atoms with Gasteiger partial charge in [0.1, 0.15) is 5.82 Å². The van der Waals surface area contributed by atoms with Gasteiger partial charge < -0.3 is 15.4 Å². The van der Waals surface area contributed by atoms with Gasteiger partial charge >= 0.3 is 6.09 Å². The molecule has 0 aliphatic heterocycles. The maximum Gasteiger partial charge on any atom is 0.407 e. The number of rotatable bonds is 7. The lowest BCUT2D eigenvalue weighted by atomic mass is 10.0. The van der Waals surface area contributed by atoms with E-state index in [4.69, 9.17) is 4.74 Å². The van der Waals surface area contributed by atoms with Crippen molar-refractivity contribution < 1.29 is 18.7 Å². The first-order valence-electron chi connectivity index (χ1n) is 7.39. The van der Waals surface area contributed by atoms with E-state index in [1.54, 1.807) is 6.92 Å². The SMILES string of the molecule is CCOC(=O)N[C@@H](CNC(=O)c1cccc(F)c1)CC(C)C. The topological polar surface area (TPSA) is 67.4 Å². The van der Waals surface area contributed by atoms with Crippen molar-refractivity contribution in [3.8, 4) is 0 Å². The molecule has 1 aromatic rings. The number of amides is 2.